The maximum atomic E-state index is 12.4. The maximum absolute atomic E-state index is 12.4. The van der Waals surface area contributed by atoms with Crippen LogP contribution in [0.5, 0.6) is 0 Å². The molecule has 1 aromatic rings. The van der Waals surface area contributed by atoms with Crippen LogP contribution in [0.15, 0.2) is 18.2 Å². The Hall–Kier alpha value is -1.28. The number of nitrogens with two attached hydrogens (primary N) is 1. The van der Waals surface area contributed by atoms with Crippen molar-refractivity contribution in [1.29, 1.82) is 0 Å². The van der Waals surface area contributed by atoms with Crippen LogP contribution in [0.1, 0.15) is 16.7 Å². The molecule has 3 N–H and O–H groups in total. The summed E-state index contributed by atoms with van der Waals surface area (Å²) in [5.74, 6) is 4.87. The quantitative estimate of drug-likeness (QED) is 0.486. The van der Waals surface area contributed by atoms with Gasteiger partial charge in [0.15, 0.2) is 0 Å². The Morgan fingerprint density at radius 2 is 1.29 bits per heavy atom. The van der Waals surface area contributed by atoms with Crippen LogP contribution in [0.4, 0.5) is 26.3 Å². The molecule has 0 spiro atoms. The van der Waals surface area contributed by atoms with E-state index in [4.69, 9.17) is 5.84 Å². The molecule has 0 radical (unpaired) electrons. The van der Waals surface area contributed by atoms with Crippen molar-refractivity contribution < 1.29 is 26.3 Å². The number of benzene rings is 1. The lowest BCUT2D eigenvalue weighted by molar-refractivity contribution is -0.143. The van der Waals surface area contributed by atoms with E-state index in [1.54, 1.807) is 0 Å². The SMILES string of the molecule is NNCc1cc(C(F)(F)F)cc(C(F)(F)F)c1. The van der Waals surface area contributed by atoms with Crippen LogP contribution < -0.4 is 11.3 Å². The lowest BCUT2D eigenvalue weighted by Crippen LogP contribution is -2.22. The molecule has 0 unspecified atom stereocenters. The maximum Gasteiger partial charge on any atom is 0.416 e. The average Bonchev–Trinajstić information content (AvgIpc) is 2.15. The van der Waals surface area contributed by atoms with Gasteiger partial charge in [-0.2, -0.15) is 26.3 Å². The van der Waals surface area contributed by atoms with Crippen LogP contribution in [-0.2, 0) is 18.9 Å². The molecule has 96 valence electrons. The number of hydrogen-bond acceptors (Lipinski definition) is 2. The third-order valence-electron chi connectivity index (χ3n) is 1.95. The Bertz CT molecular complexity index is 363. The Labute approximate surface area is 92.4 Å². The smallest absolute Gasteiger partial charge is 0.271 e. The zero-order valence-corrected chi connectivity index (χ0v) is 8.28. The Kier molecular flexibility index (Phi) is 3.68. The third kappa shape index (κ3) is 3.60. The summed E-state index contributed by atoms with van der Waals surface area (Å²) < 4.78 is 74.1. The number of alkyl halides is 6. The first-order chi connectivity index (χ1) is 7.64. The number of nitrogens with one attached hydrogen (secondary N) is 1. The summed E-state index contributed by atoms with van der Waals surface area (Å²) in [6, 6.07) is 1.31. The minimum Gasteiger partial charge on any atom is -0.271 e. The standard InChI is InChI=1S/C9H8F6N2/c10-8(11,12)6-1-5(4-17-16)2-7(3-6)9(13,14)15/h1-3,17H,4,16H2. The van der Waals surface area contributed by atoms with E-state index in [1.165, 1.54) is 0 Å². The predicted molar refractivity (Wildman–Crippen MR) is 47.5 cm³/mol. The highest BCUT2D eigenvalue weighted by atomic mass is 19.4. The molecule has 0 aromatic heterocycles. The Balaban J connectivity index is 3.29. The van der Waals surface area contributed by atoms with E-state index < -0.39 is 23.5 Å². The van der Waals surface area contributed by atoms with E-state index in [0.717, 1.165) is 0 Å². The Morgan fingerprint density at radius 3 is 1.59 bits per heavy atom. The fourth-order valence-corrected chi connectivity index (χ4v) is 1.24. The fourth-order valence-electron chi connectivity index (χ4n) is 1.24. The molecule has 2 nitrogen and oxygen atoms in total. The molecule has 0 aliphatic heterocycles. The largest absolute Gasteiger partial charge is 0.416 e. The van der Waals surface area contributed by atoms with E-state index in [0.29, 0.717) is 12.1 Å². The van der Waals surface area contributed by atoms with E-state index in [1.807, 2.05) is 5.43 Å². The van der Waals surface area contributed by atoms with Crippen LogP contribution in [0, 0.1) is 0 Å². The molecule has 0 amide bonds. The summed E-state index contributed by atoms with van der Waals surface area (Å²) in [5.41, 5.74) is -0.878. The first-order valence-electron chi connectivity index (χ1n) is 4.36. The van der Waals surface area contributed by atoms with Gasteiger partial charge >= 0.3 is 12.4 Å². The van der Waals surface area contributed by atoms with E-state index in [2.05, 4.69) is 0 Å². The molecule has 1 aromatic carbocycles. The summed E-state index contributed by atoms with van der Waals surface area (Å²) in [5, 5.41) is 0. The molecule has 0 fully saturated rings. The van der Waals surface area contributed by atoms with E-state index >= 15 is 0 Å². The molecule has 0 atom stereocenters. The fraction of sp³-hybridized carbons (Fsp3) is 0.333. The van der Waals surface area contributed by atoms with Crippen molar-refractivity contribution in [3.8, 4) is 0 Å². The molecule has 0 aliphatic carbocycles. The minimum absolute atomic E-state index is 0.0695. The second-order valence-corrected chi connectivity index (χ2v) is 3.30. The van der Waals surface area contributed by atoms with Crippen LogP contribution in [-0.4, -0.2) is 0 Å². The predicted octanol–water partition coefficient (Wildman–Crippen LogP) is 2.69. The number of halogens is 6. The van der Waals surface area contributed by atoms with Crippen LogP contribution >= 0.6 is 0 Å². The van der Waals surface area contributed by atoms with Crippen molar-refractivity contribution >= 4 is 0 Å². The third-order valence-corrected chi connectivity index (χ3v) is 1.95. The molecule has 0 bridgehead atoms. The first kappa shape index (κ1) is 13.8. The zero-order chi connectivity index (χ0) is 13.3. The van der Waals surface area contributed by atoms with E-state index in [-0.39, 0.29) is 18.2 Å². The molecular weight excluding hydrogens is 250 g/mol. The summed E-state index contributed by atoms with van der Waals surface area (Å²) in [6.45, 7) is -0.285. The van der Waals surface area contributed by atoms with Crippen molar-refractivity contribution in [2.45, 2.75) is 18.9 Å². The Morgan fingerprint density at radius 1 is 0.882 bits per heavy atom. The van der Waals surface area contributed by atoms with E-state index in [9.17, 15) is 26.3 Å². The van der Waals surface area contributed by atoms with Crippen molar-refractivity contribution in [1.82, 2.24) is 5.43 Å². The zero-order valence-electron chi connectivity index (χ0n) is 8.28. The van der Waals surface area contributed by atoms with Gasteiger partial charge < -0.3 is 0 Å². The molecule has 8 heteroatoms. The average molecular weight is 258 g/mol. The topological polar surface area (TPSA) is 38.0 Å². The summed E-state index contributed by atoms with van der Waals surface area (Å²) >= 11 is 0. The van der Waals surface area contributed by atoms with Gasteiger partial charge in [-0.15, -0.1) is 0 Å². The summed E-state index contributed by atoms with van der Waals surface area (Å²) in [6.07, 6.45) is -9.66. The lowest BCUT2D eigenvalue weighted by Gasteiger charge is -2.13. The first-order valence-corrected chi connectivity index (χ1v) is 4.36. The van der Waals surface area contributed by atoms with Gasteiger partial charge in [-0.1, -0.05) is 0 Å². The molecule has 0 aliphatic rings. The summed E-state index contributed by atoms with van der Waals surface area (Å²) in [7, 11) is 0. The molecule has 17 heavy (non-hydrogen) atoms. The number of rotatable bonds is 2. The summed E-state index contributed by atoms with van der Waals surface area (Å²) in [4.78, 5) is 0. The monoisotopic (exact) mass is 258 g/mol. The molecule has 1 rings (SSSR count). The van der Waals surface area contributed by atoms with Crippen molar-refractivity contribution in [2.75, 3.05) is 0 Å². The van der Waals surface area contributed by atoms with Gasteiger partial charge in [-0.25, -0.2) is 0 Å². The highest BCUT2D eigenvalue weighted by molar-refractivity contribution is 5.33. The normalized spacial score (nSPS) is 12.9. The van der Waals surface area contributed by atoms with Crippen LogP contribution in [0.3, 0.4) is 0 Å². The molecule has 0 saturated heterocycles. The molecule has 0 heterocycles. The van der Waals surface area contributed by atoms with Gasteiger partial charge in [0.1, 0.15) is 0 Å². The number of hydrazine groups is 1. The highest BCUT2D eigenvalue weighted by Gasteiger charge is 2.36. The molecular formula is C9H8F6N2. The van der Waals surface area contributed by atoms with Gasteiger partial charge in [0.2, 0.25) is 0 Å². The molecule has 0 saturated carbocycles. The van der Waals surface area contributed by atoms with Crippen LogP contribution in [0.2, 0.25) is 0 Å². The van der Waals surface area contributed by atoms with Crippen LogP contribution in [0.25, 0.3) is 0 Å². The van der Waals surface area contributed by atoms with Gasteiger partial charge in [-0.05, 0) is 23.8 Å². The lowest BCUT2D eigenvalue weighted by atomic mass is 10.0. The minimum atomic E-state index is -4.83. The van der Waals surface area contributed by atoms with Gasteiger partial charge in [-0.3, -0.25) is 11.3 Å². The van der Waals surface area contributed by atoms with Gasteiger partial charge in [0.25, 0.3) is 0 Å². The van der Waals surface area contributed by atoms with Gasteiger partial charge in [0, 0.05) is 6.54 Å². The highest BCUT2D eigenvalue weighted by Crippen LogP contribution is 2.36. The second kappa shape index (κ2) is 4.53. The van der Waals surface area contributed by atoms with Crippen molar-refractivity contribution in [3.05, 3.63) is 34.9 Å². The number of hydrogen-bond donors (Lipinski definition) is 2. The van der Waals surface area contributed by atoms with Crippen molar-refractivity contribution in [2.24, 2.45) is 5.84 Å². The van der Waals surface area contributed by atoms with Gasteiger partial charge in [0.05, 0.1) is 11.1 Å². The van der Waals surface area contributed by atoms with Crippen molar-refractivity contribution in [3.63, 3.8) is 0 Å². The second-order valence-electron chi connectivity index (χ2n) is 3.30.